The summed E-state index contributed by atoms with van der Waals surface area (Å²) >= 11 is 3.43. The van der Waals surface area contributed by atoms with Crippen molar-refractivity contribution < 1.29 is 14.3 Å². The highest BCUT2D eigenvalue weighted by Gasteiger charge is 2.27. The first-order valence-electron chi connectivity index (χ1n) is 9.37. The lowest BCUT2D eigenvalue weighted by atomic mass is 10.00. The second-order valence-electron chi connectivity index (χ2n) is 6.92. The molecule has 150 valence electrons. The highest BCUT2D eigenvalue weighted by Crippen LogP contribution is 2.21. The van der Waals surface area contributed by atoms with E-state index in [1.54, 1.807) is 24.3 Å². The van der Waals surface area contributed by atoms with E-state index < -0.39 is 6.04 Å². The molecule has 0 saturated carbocycles. The zero-order valence-corrected chi connectivity index (χ0v) is 18.2. The van der Waals surface area contributed by atoms with Crippen LogP contribution in [0.15, 0.2) is 53.0 Å². The lowest BCUT2D eigenvalue weighted by Gasteiger charge is -2.25. The number of para-hydroxylation sites is 1. The van der Waals surface area contributed by atoms with Crippen molar-refractivity contribution in [1.82, 2.24) is 10.6 Å². The first-order valence-corrected chi connectivity index (χ1v) is 10.2. The summed E-state index contributed by atoms with van der Waals surface area (Å²) in [7, 11) is 1.52. The number of carbonyl (C=O) groups is 2. The summed E-state index contributed by atoms with van der Waals surface area (Å²) in [5.74, 6) is -0.124. The summed E-state index contributed by atoms with van der Waals surface area (Å²) in [5.41, 5.74) is 1.43. The van der Waals surface area contributed by atoms with Crippen molar-refractivity contribution in [2.45, 2.75) is 39.3 Å². The van der Waals surface area contributed by atoms with E-state index in [1.807, 2.05) is 45.0 Å². The number of amides is 2. The standard InChI is InChI=1S/C22H27BrN2O3/c1-5-18(15-10-12-16(23)13-11-15)24-22(27)20(14(2)3)25-21(26)17-8-6-7-9-19(17)28-4/h6-14,18,20H,5H2,1-4H3,(H,24,27)(H,25,26). The molecule has 2 atom stereocenters. The van der Waals surface area contributed by atoms with E-state index in [1.165, 1.54) is 7.11 Å². The molecule has 0 saturated heterocycles. The van der Waals surface area contributed by atoms with Crippen molar-refractivity contribution in [1.29, 1.82) is 0 Å². The summed E-state index contributed by atoms with van der Waals surface area (Å²) in [6.45, 7) is 5.84. The zero-order valence-electron chi connectivity index (χ0n) is 16.7. The average Bonchev–Trinajstić information content (AvgIpc) is 2.70. The van der Waals surface area contributed by atoms with Crippen LogP contribution >= 0.6 is 15.9 Å². The van der Waals surface area contributed by atoms with Crippen LogP contribution in [0, 0.1) is 5.92 Å². The van der Waals surface area contributed by atoms with Gasteiger partial charge in [-0.2, -0.15) is 0 Å². The molecule has 0 radical (unpaired) electrons. The SMILES string of the molecule is CCC(NC(=O)C(NC(=O)c1ccccc1OC)C(C)C)c1ccc(Br)cc1. The van der Waals surface area contributed by atoms with Gasteiger partial charge >= 0.3 is 0 Å². The van der Waals surface area contributed by atoms with Crippen LogP contribution in [-0.4, -0.2) is 25.0 Å². The van der Waals surface area contributed by atoms with Gasteiger partial charge in [0.15, 0.2) is 0 Å². The van der Waals surface area contributed by atoms with Crippen LogP contribution in [0.2, 0.25) is 0 Å². The van der Waals surface area contributed by atoms with Gasteiger partial charge in [-0.3, -0.25) is 9.59 Å². The number of methoxy groups -OCH3 is 1. The van der Waals surface area contributed by atoms with Crippen molar-refractivity contribution in [2.75, 3.05) is 7.11 Å². The van der Waals surface area contributed by atoms with Crippen molar-refractivity contribution in [2.24, 2.45) is 5.92 Å². The summed E-state index contributed by atoms with van der Waals surface area (Å²) in [5, 5.41) is 5.93. The Morgan fingerprint density at radius 3 is 2.25 bits per heavy atom. The highest BCUT2D eigenvalue weighted by atomic mass is 79.9. The third-order valence-corrected chi connectivity index (χ3v) is 5.11. The van der Waals surface area contributed by atoms with E-state index >= 15 is 0 Å². The Morgan fingerprint density at radius 2 is 1.68 bits per heavy atom. The topological polar surface area (TPSA) is 67.4 Å². The van der Waals surface area contributed by atoms with Crippen molar-refractivity contribution in [3.63, 3.8) is 0 Å². The molecule has 0 fully saturated rings. The van der Waals surface area contributed by atoms with Crippen LogP contribution in [0.25, 0.3) is 0 Å². The Hall–Kier alpha value is -2.34. The molecule has 0 aliphatic carbocycles. The Kier molecular flexibility index (Phi) is 8.05. The number of halogens is 1. The molecule has 28 heavy (non-hydrogen) atoms. The number of nitrogens with one attached hydrogen (secondary N) is 2. The molecule has 6 heteroatoms. The Bertz CT molecular complexity index is 806. The molecular weight excluding hydrogens is 420 g/mol. The predicted octanol–water partition coefficient (Wildman–Crippen LogP) is 4.48. The fraction of sp³-hybridized carbons (Fsp3) is 0.364. The van der Waals surface area contributed by atoms with Crippen LogP contribution in [0.5, 0.6) is 5.75 Å². The number of ether oxygens (including phenoxy) is 1. The predicted molar refractivity (Wildman–Crippen MR) is 114 cm³/mol. The minimum Gasteiger partial charge on any atom is -0.496 e. The van der Waals surface area contributed by atoms with Crippen LogP contribution in [0.1, 0.15) is 49.2 Å². The number of hydrogen-bond acceptors (Lipinski definition) is 3. The Balaban J connectivity index is 2.14. The molecule has 2 aromatic rings. The molecule has 2 rings (SSSR count). The van der Waals surface area contributed by atoms with Gasteiger partial charge in [0.05, 0.1) is 18.7 Å². The monoisotopic (exact) mass is 446 g/mol. The zero-order chi connectivity index (χ0) is 20.7. The fourth-order valence-corrected chi connectivity index (χ4v) is 3.23. The first-order chi connectivity index (χ1) is 13.4. The third-order valence-electron chi connectivity index (χ3n) is 4.58. The molecule has 0 aliphatic rings. The van der Waals surface area contributed by atoms with Gasteiger partial charge < -0.3 is 15.4 Å². The van der Waals surface area contributed by atoms with Gasteiger partial charge in [0.2, 0.25) is 5.91 Å². The minimum absolute atomic E-state index is 0.0684. The fourth-order valence-electron chi connectivity index (χ4n) is 2.96. The van der Waals surface area contributed by atoms with Gasteiger partial charge in [-0.25, -0.2) is 0 Å². The largest absolute Gasteiger partial charge is 0.496 e. The molecule has 2 N–H and O–H groups in total. The normalized spacial score (nSPS) is 12.9. The van der Waals surface area contributed by atoms with Crippen LogP contribution in [0.4, 0.5) is 0 Å². The van der Waals surface area contributed by atoms with Crippen LogP contribution in [-0.2, 0) is 4.79 Å². The van der Waals surface area contributed by atoms with E-state index in [0.29, 0.717) is 11.3 Å². The third kappa shape index (κ3) is 5.58. The smallest absolute Gasteiger partial charge is 0.255 e. The van der Waals surface area contributed by atoms with E-state index in [4.69, 9.17) is 4.74 Å². The number of hydrogen-bond donors (Lipinski definition) is 2. The molecule has 5 nitrogen and oxygen atoms in total. The molecule has 0 heterocycles. The van der Waals surface area contributed by atoms with Gasteiger partial charge in [0, 0.05) is 4.47 Å². The van der Waals surface area contributed by atoms with Crippen LogP contribution in [0.3, 0.4) is 0 Å². The number of rotatable bonds is 8. The molecule has 2 aromatic carbocycles. The summed E-state index contributed by atoms with van der Waals surface area (Å²) < 4.78 is 6.24. The van der Waals surface area contributed by atoms with E-state index in [-0.39, 0.29) is 23.8 Å². The molecule has 2 amide bonds. The highest BCUT2D eigenvalue weighted by molar-refractivity contribution is 9.10. The molecule has 2 unspecified atom stereocenters. The summed E-state index contributed by atoms with van der Waals surface area (Å²) in [4.78, 5) is 25.7. The molecule has 0 aromatic heterocycles. The van der Waals surface area contributed by atoms with Gasteiger partial charge in [-0.05, 0) is 42.2 Å². The van der Waals surface area contributed by atoms with Crippen molar-refractivity contribution in [3.05, 3.63) is 64.1 Å². The maximum absolute atomic E-state index is 12.9. The van der Waals surface area contributed by atoms with E-state index in [9.17, 15) is 9.59 Å². The van der Waals surface area contributed by atoms with E-state index in [2.05, 4.69) is 26.6 Å². The maximum atomic E-state index is 12.9. The number of carbonyl (C=O) groups excluding carboxylic acids is 2. The minimum atomic E-state index is -0.651. The van der Waals surface area contributed by atoms with Crippen LogP contribution < -0.4 is 15.4 Å². The quantitative estimate of drug-likeness (QED) is 0.627. The Morgan fingerprint density at radius 1 is 1.04 bits per heavy atom. The van der Waals surface area contributed by atoms with E-state index in [0.717, 1.165) is 16.5 Å². The molecule has 0 aliphatic heterocycles. The molecule has 0 bridgehead atoms. The van der Waals surface area contributed by atoms with Gasteiger partial charge in [0.1, 0.15) is 11.8 Å². The molecular formula is C22H27BrN2O3. The summed E-state index contributed by atoms with van der Waals surface area (Å²) in [6, 6.07) is 14.1. The second kappa shape index (κ2) is 10.3. The lowest BCUT2D eigenvalue weighted by Crippen LogP contribution is -2.50. The van der Waals surface area contributed by atoms with Crippen molar-refractivity contribution in [3.8, 4) is 5.75 Å². The van der Waals surface area contributed by atoms with Gasteiger partial charge in [0.25, 0.3) is 5.91 Å². The van der Waals surface area contributed by atoms with Gasteiger partial charge in [-0.1, -0.05) is 61.0 Å². The Labute approximate surface area is 175 Å². The average molecular weight is 447 g/mol. The lowest BCUT2D eigenvalue weighted by molar-refractivity contribution is -0.124. The maximum Gasteiger partial charge on any atom is 0.255 e. The van der Waals surface area contributed by atoms with Gasteiger partial charge in [-0.15, -0.1) is 0 Å². The molecule has 0 spiro atoms. The second-order valence-corrected chi connectivity index (χ2v) is 7.83. The van der Waals surface area contributed by atoms with Crippen molar-refractivity contribution >= 4 is 27.7 Å². The number of benzene rings is 2. The first kappa shape index (κ1) is 22.0. The summed E-state index contributed by atoms with van der Waals surface area (Å²) in [6.07, 6.45) is 0.749.